The predicted molar refractivity (Wildman–Crippen MR) is 117 cm³/mol. The summed E-state index contributed by atoms with van der Waals surface area (Å²) in [7, 11) is 0. The minimum Gasteiger partial charge on any atom is -0.337 e. The number of hydrogen-bond acceptors (Lipinski definition) is 2. The molecule has 0 bridgehead atoms. The van der Waals surface area contributed by atoms with Gasteiger partial charge >= 0.3 is 0 Å². The van der Waals surface area contributed by atoms with E-state index in [9.17, 15) is 4.79 Å². The van der Waals surface area contributed by atoms with Gasteiger partial charge in [0.2, 0.25) is 5.91 Å². The summed E-state index contributed by atoms with van der Waals surface area (Å²) in [6.07, 6.45) is 11.4. The zero-order valence-corrected chi connectivity index (χ0v) is 17.9. The molecule has 5 heteroatoms. The Balaban J connectivity index is 0.00000225. The van der Waals surface area contributed by atoms with E-state index in [4.69, 9.17) is 11.6 Å². The van der Waals surface area contributed by atoms with Crippen molar-refractivity contribution in [2.75, 3.05) is 6.54 Å². The Morgan fingerprint density at radius 2 is 1.96 bits per heavy atom. The Kier molecular flexibility index (Phi) is 6.67. The third-order valence-corrected chi connectivity index (χ3v) is 6.76. The van der Waals surface area contributed by atoms with Gasteiger partial charge in [-0.1, -0.05) is 49.1 Å². The van der Waals surface area contributed by atoms with Crippen LogP contribution in [0.3, 0.4) is 0 Å². The summed E-state index contributed by atoms with van der Waals surface area (Å²) in [4.78, 5) is 19.4. The van der Waals surface area contributed by atoms with E-state index < -0.39 is 0 Å². The number of benzene rings is 1. The highest BCUT2D eigenvalue weighted by atomic mass is 35.5. The molecule has 4 rings (SSSR count). The van der Waals surface area contributed by atoms with E-state index in [-0.39, 0.29) is 23.9 Å². The minimum absolute atomic E-state index is 0. The second-order valence-corrected chi connectivity index (χ2v) is 8.69. The monoisotopic (exact) mass is 418 g/mol. The Morgan fingerprint density at radius 1 is 1.18 bits per heavy atom. The molecule has 0 radical (unpaired) electrons. The second kappa shape index (κ2) is 8.84. The SMILES string of the molecule is CC1(N2CCC(Cc3ccc(-c4cccnc4)cc3Cl)C2=O)CCCCC1.Cl. The molecule has 2 aliphatic rings. The van der Waals surface area contributed by atoms with Gasteiger partial charge in [-0.05, 0) is 55.9 Å². The van der Waals surface area contributed by atoms with Crippen molar-refractivity contribution in [1.29, 1.82) is 0 Å². The number of likely N-dealkylation sites (tertiary alicyclic amines) is 1. The summed E-state index contributed by atoms with van der Waals surface area (Å²) in [6, 6.07) is 10.1. The number of aromatic nitrogens is 1. The smallest absolute Gasteiger partial charge is 0.226 e. The topological polar surface area (TPSA) is 33.2 Å². The molecule has 1 aliphatic heterocycles. The molecule has 150 valence electrons. The highest BCUT2D eigenvalue weighted by molar-refractivity contribution is 6.31. The standard InChI is InChI=1S/C23H27ClN2O.ClH/c1-23(10-3-2-4-11-23)26-13-9-19(22(26)27)14-18-8-7-17(15-21(18)24)20-6-5-12-25-16-20;/h5-8,12,15-16,19H,2-4,9-11,13-14H2,1H3;1H. The summed E-state index contributed by atoms with van der Waals surface area (Å²) >= 11 is 6.57. The van der Waals surface area contributed by atoms with E-state index in [0.717, 1.165) is 53.9 Å². The normalized spacial score (nSPS) is 21.4. The number of nitrogens with zero attached hydrogens (tertiary/aromatic N) is 2. The van der Waals surface area contributed by atoms with Crippen LogP contribution in [0.1, 0.15) is 51.0 Å². The zero-order valence-electron chi connectivity index (χ0n) is 16.4. The van der Waals surface area contributed by atoms with Crippen molar-refractivity contribution >= 4 is 29.9 Å². The third kappa shape index (κ3) is 4.21. The first kappa shape index (κ1) is 21.1. The Bertz CT molecular complexity index is 819. The van der Waals surface area contributed by atoms with E-state index in [1.54, 1.807) is 6.20 Å². The number of carbonyl (C=O) groups excluding carboxylic acids is 1. The van der Waals surface area contributed by atoms with Crippen molar-refractivity contribution in [3.8, 4) is 11.1 Å². The fourth-order valence-electron chi connectivity index (χ4n) is 4.74. The Hall–Kier alpha value is -1.58. The van der Waals surface area contributed by atoms with Gasteiger partial charge in [0.1, 0.15) is 0 Å². The van der Waals surface area contributed by atoms with Crippen LogP contribution < -0.4 is 0 Å². The van der Waals surface area contributed by atoms with E-state index in [0.29, 0.717) is 5.91 Å². The average molecular weight is 419 g/mol. The van der Waals surface area contributed by atoms with E-state index >= 15 is 0 Å². The maximum atomic E-state index is 13.1. The molecule has 0 N–H and O–H groups in total. The molecule has 2 heterocycles. The van der Waals surface area contributed by atoms with Gasteiger partial charge in [-0.2, -0.15) is 0 Å². The number of rotatable bonds is 4. The van der Waals surface area contributed by atoms with Gasteiger partial charge in [-0.15, -0.1) is 12.4 Å². The number of hydrogen-bond donors (Lipinski definition) is 0. The van der Waals surface area contributed by atoms with Crippen molar-refractivity contribution in [3.05, 3.63) is 53.3 Å². The van der Waals surface area contributed by atoms with Crippen LogP contribution in [-0.2, 0) is 11.2 Å². The van der Waals surface area contributed by atoms with Gasteiger partial charge < -0.3 is 4.90 Å². The Labute approximate surface area is 178 Å². The lowest BCUT2D eigenvalue weighted by molar-refractivity contribution is -0.137. The average Bonchev–Trinajstić information content (AvgIpc) is 3.06. The molecule has 1 aromatic heterocycles. The van der Waals surface area contributed by atoms with Crippen molar-refractivity contribution in [1.82, 2.24) is 9.88 Å². The van der Waals surface area contributed by atoms with Gasteiger partial charge in [0.15, 0.2) is 0 Å². The molecule has 3 nitrogen and oxygen atoms in total. The second-order valence-electron chi connectivity index (χ2n) is 8.29. The van der Waals surface area contributed by atoms with Crippen molar-refractivity contribution in [2.24, 2.45) is 5.92 Å². The Morgan fingerprint density at radius 3 is 2.64 bits per heavy atom. The van der Waals surface area contributed by atoms with Gasteiger partial charge in [-0.3, -0.25) is 9.78 Å². The molecular formula is C23H28Cl2N2O. The van der Waals surface area contributed by atoms with Gasteiger partial charge in [0.25, 0.3) is 0 Å². The van der Waals surface area contributed by atoms with Crippen molar-refractivity contribution in [2.45, 2.75) is 57.4 Å². The van der Waals surface area contributed by atoms with Crippen LogP contribution in [0.4, 0.5) is 0 Å². The quantitative estimate of drug-likeness (QED) is 0.615. The highest BCUT2D eigenvalue weighted by Crippen LogP contribution is 2.38. The maximum absolute atomic E-state index is 13.1. The lowest BCUT2D eigenvalue weighted by Crippen LogP contribution is -2.49. The van der Waals surface area contributed by atoms with Gasteiger partial charge in [0, 0.05) is 41.0 Å². The fraction of sp³-hybridized carbons (Fsp3) is 0.478. The van der Waals surface area contributed by atoms with Crippen LogP contribution in [0, 0.1) is 5.92 Å². The molecule has 2 aromatic rings. The van der Waals surface area contributed by atoms with Crippen LogP contribution in [0.5, 0.6) is 0 Å². The molecule has 1 unspecified atom stereocenters. The summed E-state index contributed by atoms with van der Waals surface area (Å²) in [5.74, 6) is 0.386. The van der Waals surface area contributed by atoms with Crippen LogP contribution >= 0.6 is 24.0 Å². The molecule has 0 spiro atoms. The molecule has 28 heavy (non-hydrogen) atoms. The maximum Gasteiger partial charge on any atom is 0.226 e. The number of halogens is 2. The summed E-state index contributed by atoms with van der Waals surface area (Å²) < 4.78 is 0. The zero-order chi connectivity index (χ0) is 18.9. The van der Waals surface area contributed by atoms with Crippen molar-refractivity contribution in [3.63, 3.8) is 0 Å². The summed E-state index contributed by atoms with van der Waals surface area (Å²) in [5.41, 5.74) is 3.25. The number of amides is 1. The van der Waals surface area contributed by atoms with Gasteiger partial charge in [-0.25, -0.2) is 0 Å². The molecule has 1 amide bonds. The molecular weight excluding hydrogens is 391 g/mol. The van der Waals surface area contributed by atoms with Crippen LogP contribution in [0.15, 0.2) is 42.7 Å². The first-order chi connectivity index (χ1) is 13.1. The minimum atomic E-state index is 0. The molecule has 2 fully saturated rings. The van der Waals surface area contributed by atoms with Crippen LogP contribution in [0.2, 0.25) is 5.02 Å². The summed E-state index contributed by atoms with van der Waals surface area (Å²) in [5, 5.41) is 0.742. The van der Waals surface area contributed by atoms with E-state index in [1.807, 2.05) is 24.4 Å². The summed E-state index contributed by atoms with van der Waals surface area (Å²) in [6.45, 7) is 3.17. The van der Waals surface area contributed by atoms with Gasteiger partial charge in [0.05, 0.1) is 0 Å². The fourth-order valence-corrected chi connectivity index (χ4v) is 5.00. The number of pyridine rings is 1. The molecule has 1 aliphatic carbocycles. The van der Waals surface area contributed by atoms with E-state index in [2.05, 4.69) is 28.9 Å². The van der Waals surface area contributed by atoms with Crippen LogP contribution in [0.25, 0.3) is 11.1 Å². The molecule has 1 saturated heterocycles. The first-order valence-electron chi connectivity index (χ1n) is 10.1. The molecule has 1 aromatic carbocycles. The highest BCUT2D eigenvalue weighted by Gasteiger charge is 2.42. The van der Waals surface area contributed by atoms with Crippen LogP contribution in [-0.4, -0.2) is 27.9 Å². The van der Waals surface area contributed by atoms with E-state index in [1.165, 1.54) is 19.3 Å². The predicted octanol–water partition coefficient (Wildman–Crippen LogP) is 5.94. The lowest BCUT2D eigenvalue weighted by Gasteiger charge is -2.42. The lowest BCUT2D eigenvalue weighted by atomic mass is 9.82. The molecule has 1 saturated carbocycles. The number of carbonyl (C=O) groups is 1. The molecule has 1 atom stereocenters. The third-order valence-electron chi connectivity index (χ3n) is 6.41. The largest absolute Gasteiger partial charge is 0.337 e. The van der Waals surface area contributed by atoms with Crippen molar-refractivity contribution < 1.29 is 4.79 Å². The first-order valence-corrected chi connectivity index (χ1v) is 10.4.